The Balaban J connectivity index is 2.19. The first-order valence-electron chi connectivity index (χ1n) is 5.61. The van der Waals surface area contributed by atoms with Crippen LogP contribution in [0.1, 0.15) is 11.4 Å². The van der Waals surface area contributed by atoms with Crippen LogP contribution in [0.4, 0.5) is 11.5 Å². The molecule has 0 fully saturated rings. The fraction of sp³-hybridized carbons (Fsp3) is 0.231. The topological polar surface area (TPSA) is 55.0 Å². The van der Waals surface area contributed by atoms with Crippen molar-refractivity contribution >= 4 is 23.1 Å². The molecule has 4 nitrogen and oxygen atoms in total. The van der Waals surface area contributed by atoms with Crippen molar-refractivity contribution in [2.24, 2.45) is 0 Å². The van der Waals surface area contributed by atoms with E-state index in [-0.39, 0.29) is 0 Å². The Bertz CT molecular complexity index is 536. The van der Waals surface area contributed by atoms with Gasteiger partial charge in [-0.2, -0.15) is 0 Å². The first-order chi connectivity index (χ1) is 8.54. The van der Waals surface area contributed by atoms with E-state index in [1.165, 1.54) is 0 Å². The number of anilines is 2. The molecule has 2 heterocycles. The summed E-state index contributed by atoms with van der Waals surface area (Å²) in [5.41, 5.74) is 8.34. The van der Waals surface area contributed by atoms with E-state index < -0.39 is 0 Å². The van der Waals surface area contributed by atoms with Gasteiger partial charge in [0.25, 0.3) is 0 Å². The zero-order valence-electron chi connectivity index (χ0n) is 10.4. The lowest BCUT2D eigenvalue weighted by Gasteiger charge is -2.18. The van der Waals surface area contributed by atoms with Crippen LogP contribution in [0.25, 0.3) is 0 Å². The minimum Gasteiger partial charge on any atom is -0.399 e. The van der Waals surface area contributed by atoms with Gasteiger partial charge in [0.15, 0.2) is 0 Å². The average Bonchev–Trinajstić information content (AvgIpc) is 2.27. The van der Waals surface area contributed by atoms with Crippen molar-refractivity contribution in [2.45, 2.75) is 13.5 Å². The highest BCUT2D eigenvalue weighted by Gasteiger charge is 2.06. The quantitative estimate of drug-likeness (QED) is 0.864. The van der Waals surface area contributed by atoms with Crippen LogP contribution in [0.5, 0.6) is 0 Å². The van der Waals surface area contributed by atoms with Crippen LogP contribution in [0.15, 0.2) is 30.3 Å². The third-order valence-electron chi connectivity index (χ3n) is 2.54. The van der Waals surface area contributed by atoms with Gasteiger partial charge in [-0.1, -0.05) is 17.7 Å². The van der Waals surface area contributed by atoms with Crippen molar-refractivity contribution in [3.05, 3.63) is 46.9 Å². The second-order valence-corrected chi connectivity index (χ2v) is 4.60. The van der Waals surface area contributed by atoms with Gasteiger partial charge in [-0.25, -0.2) is 4.98 Å². The molecule has 2 rings (SSSR count). The average molecular weight is 263 g/mol. The van der Waals surface area contributed by atoms with Crippen LogP contribution in [0, 0.1) is 6.92 Å². The highest BCUT2D eigenvalue weighted by molar-refractivity contribution is 6.29. The van der Waals surface area contributed by atoms with Crippen LogP contribution in [-0.4, -0.2) is 17.0 Å². The normalized spacial score (nSPS) is 10.4. The Hall–Kier alpha value is -1.81. The number of hydrogen-bond donors (Lipinski definition) is 1. The maximum atomic E-state index is 5.89. The van der Waals surface area contributed by atoms with Crippen molar-refractivity contribution in [1.29, 1.82) is 0 Å². The van der Waals surface area contributed by atoms with Crippen molar-refractivity contribution in [3.8, 4) is 0 Å². The van der Waals surface area contributed by atoms with Gasteiger partial charge in [0.2, 0.25) is 0 Å². The standard InChI is InChI=1S/C13H15ClN4/c1-9-4-3-5-11(16-9)8-18(2)13-7-10(15)6-12(14)17-13/h3-7H,8H2,1-2H3,(H2,15,17). The van der Waals surface area contributed by atoms with E-state index in [0.29, 0.717) is 17.4 Å². The maximum absolute atomic E-state index is 5.89. The number of pyridine rings is 2. The minimum atomic E-state index is 0.397. The molecule has 2 N–H and O–H groups in total. The van der Waals surface area contributed by atoms with Crippen molar-refractivity contribution in [3.63, 3.8) is 0 Å². The van der Waals surface area contributed by atoms with E-state index in [2.05, 4.69) is 9.97 Å². The summed E-state index contributed by atoms with van der Waals surface area (Å²) in [6.07, 6.45) is 0. The summed E-state index contributed by atoms with van der Waals surface area (Å²) in [7, 11) is 1.93. The molecule has 2 aromatic rings. The van der Waals surface area contributed by atoms with E-state index in [9.17, 15) is 0 Å². The molecular weight excluding hydrogens is 248 g/mol. The Morgan fingerprint density at radius 1 is 1.28 bits per heavy atom. The summed E-state index contributed by atoms with van der Waals surface area (Å²) < 4.78 is 0. The monoisotopic (exact) mass is 262 g/mol. The third kappa shape index (κ3) is 3.11. The molecule has 2 aromatic heterocycles. The summed E-state index contributed by atoms with van der Waals surface area (Å²) in [5.74, 6) is 0.739. The lowest BCUT2D eigenvalue weighted by molar-refractivity contribution is 0.859. The van der Waals surface area contributed by atoms with Gasteiger partial charge < -0.3 is 10.6 Å². The van der Waals surface area contributed by atoms with Crippen LogP contribution in [0.3, 0.4) is 0 Å². The second-order valence-electron chi connectivity index (χ2n) is 4.21. The van der Waals surface area contributed by atoms with E-state index >= 15 is 0 Å². The summed E-state index contributed by atoms with van der Waals surface area (Å²) in [5, 5.41) is 0.397. The molecule has 0 atom stereocenters. The molecule has 0 saturated carbocycles. The molecule has 0 aliphatic rings. The predicted molar refractivity (Wildman–Crippen MR) is 74.7 cm³/mol. The highest BCUT2D eigenvalue weighted by Crippen LogP contribution is 2.19. The first-order valence-corrected chi connectivity index (χ1v) is 5.99. The van der Waals surface area contributed by atoms with Gasteiger partial charge in [0.05, 0.1) is 12.2 Å². The lowest BCUT2D eigenvalue weighted by Crippen LogP contribution is -2.18. The zero-order chi connectivity index (χ0) is 13.1. The molecule has 0 aliphatic carbocycles. The molecule has 0 aromatic carbocycles. The fourth-order valence-electron chi connectivity index (χ4n) is 1.71. The zero-order valence-corrected chi connectivity index (χ0v) is 11.1. The number of nitrogens with zero attached hydrogens (tertiary/aromatic N) is 3. The molecule has 0 saturated heterocycles. The van der Waals surface area contributed by atoms with Gasteiger partial charge in [-0.15, -0.1) is 0 Å². The summed E-state index contributed by atoms with van der Waals surface area (Å²) in [6, 6.07) is 9.37. The van der Waals surface area contributed by atoms with E-state index in [1.54, 1.807) is 12.1 Å². The van der Waals surface area contributed by atoms with Crippen molar-refractivity contribution in [2.75, 3.05) is 17.7 Å². The molecule has 0 radical (unpaired) electrons. The number of nitrogen functional groups attached to an aromatic ring is 1. The smallest absolute Gasteiger partial charge is 0.133 e. The Morgan fingerprint density at radius 3 is 2.72 bits per heavy atom. The van der Waals surface area contributed by atoms with Crippen LogP contribution >= 0.6 is 11.6 Å². The Labute approximate surface area is 111 Å². The van der Waals surface area contributed by atoms with E-state index in [4.69, 9.17) is 17.3 Å². The van der Waals surface area contributed by atoms with Crippen molar-refractivity contribution < 1.29 is 0 Å². The second kappa shape index (κ2) is 5.23. The minimum absolute atomic E-state index is 0.397. The van der Waals surface area contributed by atoms with Gasteiger partial charge in [-0.05, 0) is 25.1 Å². The largest absolute Gasteiger partial charge is 0.399 e. The molecule has 5 heteroatoms. The molecule has 0 amide bonds. The molecule has 94 valence electrons. The molecular formula is C13H15ClN4. The molecule has 18 heavy (non-hydrogen) atoms. The molecule has 0 unspecified atom stereocenters. The number of aromatic nitrogens is 2. The summed E-state index contributed by atoms with van der Waals surface area (Å²) in [4.78, 5) is 10.6. The lowest BCUT2D eigenvalue weighted by atomic mass is 10.3. The third-order valence-corrected chi connectivity index (χ3v) is 2.73. The van der Waals surface area contributed by atoms with Crippen molar-refractivity contribution in [1.82, 2.24) is 9.97 Å². The van der Waals surface area contributed by atoms with E-state index in [0.717, 1.165) is 17.2 Å². The van der Waals surface area contributed by atoms with E-state index in [1.807, 2.05) is 37.1 Å². The van der Waals surface area contributed by atoms with Gasteiger partial charge in [0, 0.05) is 24.5 Å². The summed E-state index contributed by atoms with van der Waals surface area (Å²) >= 11 is 5.89. The number of hydrogen-bond acceptors (Lipinski definition) is 4. The van der Waals surface area contributed by atoms with Crippen LogP contribution in [-0.2, 0) is 6.54 Å². The highest BCUT2D eigenvalue weighted by atomic mass is 35.5. The number of halogens is 1. The number of nitrogens with two attached hydrogens (primary N) is 1. The van der Waals surface area contributed by atoms with Crippen LogP contribution < -0.4 is 10.6 Å². The number of rotatable bonds is 3. The fourth-order valence-corrected chi connectivity index (χ4v) is 1.92. The SMILES string of the molecule is Cc1cccc(CN(C)c2cc(N)cc(Cl)n2)n1. The van der Waals surface area contributed by atoms with Crippen LogP contribution in [0.2, 0.25) is 5.15 Å². The van der Waals surface area contributed by atoms with Gasteiger partial charge >= 0.3 is 0 Å². The molecule has 0 bridgehead atoms. The summed E-state index contributed by atoms with van der Waals surface area (Å²) in [6.45, 7) is 2.63. The van der Waals surface area contributed by atoms with Gasteiger partial charge in [0.1, 0.15) is 11.0 Å². The van der Waals surface area contributed by atoms with Gasteiger partial charge in [-0.3, -0.25) is 4.98 Å². The maximum Gasteiger partial charge on any atom is 0.133 e. The Morgan fingerprint density at radius 2 is 2.06 bits per heavy atom. The first kappa shape index (κ1) is 12.6. The molecule has 0 spiro atoms. The Kier molecular flexibility index (Phi) is 3.67. The predicted octanol–water partition coefficient (Wildman–Crippen LogP) is 2.66. The number of aryl methyl sites for hydroxylation is 1. The molecule has 0 aliphatic heterocycles.